The van der Waals surface area contributed by atoms with Crippen LogP contribution in [0.5, 0.6) is 0 Å². The van der Waals surface area contributed by atoms with Crippen molar-refractivity contribution in [3.8, 4) is 0 Å². The Kier molecular flexibility index (Phi) is 4.29. The van der Waals surface area contributed by atoms with Crippen LogP contribution in [-0.4, -0.2) is 29.8 Å². The fraction of sp³-hybridized carbons (Fsp3) is 0.238. The molecule has 2 aromatic rings. The predicted octanol–water partition coefficient (Wildman–Crippen LogP) is 4.14. The number of aryl methyl sites for hydroxylation is 1. The number of carbonyl (C=O) groups is 2. The van der Waals surface area contributed by atoms with Gasteiger partial charge in [-0.1, -0.05) is 36.4 Å². The van der Waals surface area contributed by atoms with Crippen molar-refractivity contribution in [2.24, 2.45) is 0 Å². The molecule has 5 heteroatoms. The van der Waals surface area contributed by atoms with Crippen LogP contribution in [0.25, 0.3) is 5.70 Å². The number of fused-ring (bicyclic) bond motifs is 2. The number of rotatable bonds is 3. The van der Waals surface area contributed by atoms with E-state index in [0.717, 1.165) is 29.7 Å². The molecule has 0 fully saturated rings. The van der Waals surface area contributed by atoms with E-state index in [1.165, 1.54) is 0 Å². The largest absolute Gasteiger partial charge is 0.312 e. The first-order chi connectivity index (χ1) is 12.6. The van der Waals surface area contributed by atoms with E-state index >= 15 is 0 Å². The molecule has 132 valence electrons. The summed E-state index contributed by atoms with van der Waals surface area (Å²) in [5.41, 5.74) is 4.21. The van der Waals surface area contributed by atoms with E-state index in [1.807, 2.05) is 41.3 Å². The number of benzene rings is 2. The van der Waals surface area contributed by atoms with Crippen molar-refractivity contribution < 1.29 is 9.59 Å². The first kappa shape index (κ1) is 16.9. The summed E-state index contributed by atoms with van der Waals surface area (Å²) < 4.78 is 0. The molecular weight excluding hydrogens is 348 g/mol. The average molecular weight is 367 g/mol. The normalized spacial score (nSPS) is 15.9. The maximum absolute atomic E-state index is 12.8. The lowest BCUT2D eigenvalue weighted by atomic mass is 10.0. The highest BCUT2D eigenvalue weighted by molar-refractivity contribution is 6.30. The summed E-state index contributed by atoms with van der Waals surface area (Å²) in [6.45, 7) is 5.06. The molecule has 0 unspecified atom stereocenters. The molecule has 0 aliphatic carbocycles. The molecule has 0 atom stereocenters. The van der Waals surface area contributed by atoms with Gasteiger partial charge in [-0.3, -0.25) is 9.59 Å². The minimum absolute atomic E-state index is 0.0184. The molecule has 0 radical (unpaired) electrons. The summed E-state index contributed by atoms with van der Waals surface area (Å²) in [4.78, 5) is 28.8. The van der Waals surface area contributed by atoms with E-state index < -0.39 is 0 Å². The molecule has 2 aliphatic rings. The highest BCUT2D eigenvalue weighted by Crippen LogP contribution is 2.32. The summed E-state index contributed by atoms with van der Waals surface area (Å²) in [5, 5.41) is 0.690. The van der Waals surface area contributed by atoms with E-state index in [4.69, 9.17) is 11.6 Å². The van der Waals surface area contributed by atoms with Crippen LogP contribution >= 0.6 is 11.6 Å². The second-order valence-electron chi connectivity index (χ2n) is 6.62. The van der Waals surface area contributed by atoms with Crippen molar-refractivity contribution in [3.63, 3.8) is 0 Å². The summed E-state index contributed by atoms with van der Waals surface area (Å²) in [6, 6.07) is 13.1. The van der Waals surface area contributed by atoms with Gasteiger partial charge in [-0.25, -0.2) is 0 Å². The molecule has 2 amide bonds. The molecule has 0 saturated heterocycles. The fourth-order valence-corrected chi connectivity index (χ4v) is 3.93. The van der Waals surface area contributed by atoms with Gasteiger partial charge in [0.2, 0.25) is 5.91 Å². The zero-order valence-corrected chi connectivity index (χ0v) is 15.1. The third kappa shape index (κ3) is 2.80. The molecule has 0 saturated carbocycles. The van der Waals surface area contributed by atoms with Gasteiger partial charge in [0.1, 0.15) is 0 Å². The first-order valence-corrected chi connectivity index (χ1v) is 9.13. The maximum atomic E-state index is 12.8. The molecule has 2 aliphatic heterocycles. The van der Waals surface area contributed by atoms with Gasteiger partial charge in [0, 0.05) is 47.0 Å². The van der Waals surface area contributed by atoms with Gasteiger partial charge in [0.15, 0.2) is 0 Å². The summed E-state index contributed by atoms with van der Waals surface area (Å²) >= 11 is 6.07. The van der Waals surface area contributed by atoms with Gasteiger partial charge in [-0.2, -0.15) is 0 Å². The SMILES string of the molecule is C=C1c2ccccc2C(=O)N1CCC(=O)N1CCCc2cc(Cl)ccc21. The Labute approximate surface area is 157 Å². The van der Waals surface area contributed by atoms with Crippen LogP contribution in [0.2, 0.25) is 5.02 Å². The van der Waals surface area contributed by atoms with Gasteiger partial charge in [-0.05, 0) is 42.7 Å². The second-order valence-corrected chi connectivity index (χ2v) is 7.06. The second kappa shape index (κ2) is 6.61. The van der Waals surface area contributed by atoms with Gasteiger partial charge in [0.05, 0.1) is 0 Å². The van der Waals surface area contributed by atoms with Crippen LogP contribution < -0.4 is 4.90 Å². The van der Waals surface area contributed by atoms with E-state index in [-0.39, 0.29) is 18.2 Å². The molecule has 0 bridgehead atoms. The Morgan fingerprint density at radius 1 is 1.15 bits per heavy atom. The highest BCUT2D eigenvalue weighted by Gasteiger charge is 2.31. The molecule has 26 heavy (non-hydrogen) atoms. The Morgan fingerprint density at radius 3 is 2.69 bits per heavy atom. The van der Waals surface area contributed by atoms with Gasteiger partial charge in [-0.15, -0.1) is 0 Å². The van der Waals surface area contributed by atoms with E-state index in [0.29, 0.717) is 29.4 Å². The van der Waals surface area contributed by atoms with Crippen molar-refractivity contribution >= 4 is 34.8 Å². The van der Waals surface area contributed by atoms with Crippen LogP contribution in [-0.2, 0) is 11.2 Å². The lowest BCUT2D eigenvalue weighted by molar-refractivity contribution is -0.118. The van der Waals surface area contributed by atoms with Crippen LogP contribution in [0.4, 0.5) is 5.69 Å². The van der Waals surface area contributed by atoms with Crippen molar-refractivity contribution in [1.29, 1.82) is 0 Å². The number of amides is 2. The molecule has 2 heterocycles. The maximum Gasteiger partial charge on any atom is 0.258 e. The number of halogens is 1. The van der Waals surface area contributed by atoms with Crippen LogP contribution in [0.3, 0.4) is 0 Å². The molecule has 4 nitrogen and oxygen atoms in total. The third-order valence-electron chi connectivity index (χ3n) is 5.05. The summed E-state index contributed by atoms with van der Waals surface area (Å²) in [7, 11) is 0. The zero-order chi connectivity index (χ0) is 18.3. The number of carbonyl (C=O) groups excluding carboxylic acids is 2. The number of anilines is 1. The lowest BCUT2D eigenvalue weighted by Gasteiger charge is -2.30. The minimum atomic E-state index is -0.0794. The number of nitrogens with zero attached hydrogens (tertiary/aromatic N) is 2. The van der Waals surface area contributed by atoms with Crippen molar-refractivity contribution in [2.45, 2.75) is 19.3 Å². The van der Waals surface area contributed by atoms with E-state index in [1.54, 1.807) is 11.0 Å². The Balaban J connectivity index is 1.48. The van der Waals surface area contributed by atoms with Crippen molar-refractivity contribution in [3.05, 3.63) is 70.8 Å². The Bertz CT molecular complexity index is 887. The lowest BCUT2D eigenvalue weighted by Crippen LogP contribution is -2.37. The summed E-state index contributed by atoms with van der Waals surface area (Å²) in [5.74, 6) is -0.0611. The molecule has 2 aromatic carbocycles. The topological polar surface area (TPSA) is 40.6 Å². The summed E-state index contributed by atoms with van der Waals surface area (Å²) in [6.07, 6.45) is 2.11. The quantitative estimate of drug-likeness (QED) is 0.819. The Hall–Kier alpha value is -2.59. The van der Waals surface area contributed by atoms with Gasteiger partial charge < -0.3 is 9.80 Å². The zero-order valence-electron chi connectivity index (χ0n) is 14.4. The minimum Gasteiger partial charge on any atom is -0.312 e. The van der Waals surface area contributed by atoms with Gasteiger partial charge >= 0.3 is 0 Å². The molecular formula is C21H19ClN2O2. The first-order valence-electron chi connectivity index (χ1n) is 8.75. The third-order valence-corrected chi connectivity index (χ3v) is 5.28. The highest BCUT2D eigenvalue weighted by atomic mass is 35.5. The van der Waals surface area contributed by atoms with E-state index in [2.05, 4.69) is 6.58 Å². The fourth-order valence-electron chi connectivity index (χ4n) is 3.74. The molecule has 0 N–H and O–H groups in total. The smallest absolute Gasteiger partial charge is 0.258 e. The molecule has 4 rings (SSSR count). The Morgan fingerprint density at radius 2 is 1.92 bits per heavy atom. The average Bonchev–Trinajstić information content (AvgIpc) is 2.90. The van der Waals surface area contributed by atoms with Crippen LogP contribution in [0, 0.1) is 0 Å². The number of hydrogen-bond acceptors (Lipinski definition) is 2. The standard InChI is InChI=1S/C21H19ClN2O2/c1-14-17-6-2-3-7-18(17)21(26)23(14)12-10-20(25)24-11-4-5-15-13-16(22)8-9-19(15)24/h2-3,6-9,13H,1,4-5,10-12H2. The monoisotopic (exact) mass is 366 g/mol. The van der Waals surface area contributed by atoms with Gasteiger partial charge in [0.25, 0.3) is 5.91 Å². The van der Waals surface area contributed by atoms with Crippen molar-refractivity contribution in [1.82, 2.24) is 4.90 Å². The molecule has 0 aromatic heterocycles. The van der Waals surface area contributed by atoms with Crippen molar-refractivity contribution in [2.75, 3.05) is 18.0 Å². The number of hydrogen-bond donors (Lipinski definition) is 0. The predicted molar refractivity (Wildman–Crippen MR) is 103 cm³/mol. The van der Waals surface area contributed by atoms with Crippen LogP contribution in [0.1, 0.15) is 34.3 Å². The molecule has 0 spiro atoms. The van der Waals surface area contributed by atoms with Crippen LogP contribution in [0.15, 0.2) is 49.0 Å². The van der Waals surface area contributed by atoms with E-state index in [9.17, 15) is 9.59 Å².